The van der Waals surface area contributed by atoms with Crippen LogP contribution in [-0.4, -0.2) is 37.4 Å². The summed E-state index contributed by atoms with van der Waals surface area (Å²) in [5.74, 6) is 2.03. The van der Waals surface area contributed by atoms with E-state index in [-0.39, 0.29) is 5.41 Å². The lowest BCUT2D eigenvalue weighted by molar-refractivity contribution is 0.121. The average Bonchev–Trinajstić information content (AvgIpc) is 2.60. The van der Waals surface area contributed by atoms with Crippen LogP contribution < -0.4 is 9.47 Å². The SMILES string of the molecule is CN1COc2ccc(C(C)(C)c3ccc4c(c3)OCN(C)C4)cc2C1. The molecule has 2 aliphatic heterocycles. The molecule has 0 amide bonds. The molecule has 4 nitrogen and oxygen atoms in total. The van der Waals surface area contributed by atoms with E-state index in [0.29, 0.717) is 13.5 Å². The second-order valence-corrected chi connectivity index (χ2v) is 7.85. The molecule has 0 radical (unpaired) electrons. The summed E-state index contributed by atoms with van der Waals surface area (Å²) in [7, 11) is 4.16. The van der Waals surface area contributed by atoms with E-state index in [9.17, 15) is 0 Å². The maximum atomic E-state index is 5.91. The van der Waals surface area contributed by atoms with Crippen molar-refractivity contribution in [2.24, 2.45) is 0 Å². The second-order valence-electron chi connectivity index (χ2n) is 7.85. The Balaban J connectivity index is 1.69. The first-order valence-electron chi connectivity index (χ1n) is 8.83. The maximum absolute atomic E-state index is 5.91. The Kier molecular flexibility index (Phi) is 3.97. The Morgan fingerprint density at radius 3 is 2.12 bits per heavy atom. The van der Waals surface area contributed by atoms with Crippen molar-refractivity contribution >= 4 is 0 Å². The summed E-state index contributed by atoms with van der Waals surface area (Å²) in [5, 5.41) is 0. The van der Waals surface area contributed by atoms with Crippen LogP contribution in [0.15, 0.2) is 36.4 Å². The Morgan fingerprint density at radius 1 is 0.760 bits per heavy atom. The Hall–Kier alpha value is -2.04. The predicted octanol–water partition coefficient (Wildman–Crippen LogP) is 3.58. The van der Waals surface area contributed by atoms with Crippen LogP contribution in [0.5, 0.6) is 11.5 Å². The quantitative estimate of drug-likeness (QED) is 0.836. The molecule has 0 saturated carbocycles. The van der Waals surface area contributed by atoms with Crippen LogP contribution in [0.2, 0.25) is 0 Å². The van der Waals surface area contributed by atoms with Crippen molar-refractivity contribution in [3.8, 4) is 11.5 Å². The second kappa shape index (κ2) is 6.04. The first kappa shape index (κ1) is 16.4. The minimum absolute atomic E-state index is 0.0905. The first-order chi connectivity index (χ1) is 11.9. The highest BCUT2D eigenvalue weighted by Crippen LogP contribution is 2.38. The lowest BCUT2D eigenvalue weighted by Gasteiger charge is -2.32. The molecule has 2 aromatic rings. The molecule has 0 bridgehead atoms. The number of fused-ring (bicyclic) bond motifs is 2. The third-order valence-electron chi connectivity index (χ3n) is 5.33. The Morgan fingerprint density at radius 2 is 1.36 bits per heavy atom. The van der Waals surface area contributed by atoms with Gasteiger partial charge in [0.2, 0.25) is 0 Å². The molecule has 2 heterocycles. The lowest BCUT2D eigenvalue weighted by atomic mass is 9.77. The molecule has 0 N–H and O–H groups in total. The van der Waals surface area contributed by atoms with E-state index in [2.05, 4.69) is 74.1 Å². The molecule has 132 valence electrons. The molecule has 0 unspecified atom stereocenters. The van der Waals surface area contributed by atoms with Crippen LogP contribution >= 0.6 is 0 Å². The number of hydrogen-bond donors (Lipinski definition) is 0. The smallest absolute Gasteiger partial charge is 0.142 e. The lowest BCUT2D eigenvalue weighted by Crippen LogP contribution is -2.29. The van der Waals surface area contributed by atoms with Crippen LogP contribution in [0.3, 0.4) is 0 Å². The molecule has 25 heavy (non-hydrogen) atoms. The van der Waals surface area contributed by atoms with Gasteiger partial charge < -0.3 is 9.47 Å². The zero-order chi connectivity index (χ0) is 17.6. The molecule has 0 spiro atoms. The Bertz CT molecular complexity index is 800. The number of nitrogens with zero attached hydrogens (tertiary/aromatic N) is 2. The standard InChI is InChI=1S/C21H26N2O2/c1-21(2,17-7-8-19-16(9-17)12-23(4)13-24-19)18-6-5-15-11-22(3)14-25-20(15)10-18/h5-10H,11-14H2,1-4H3. The van der Waals surface area contributed by atoms with Gasteiger partial charge in [0.1, 0.15) is 25.0 Å². The third-order valence-corrected chi connectivity index (χ3v) is 5.33. The average molecular weight is 338 g/mol. The van der Waals surface area contributed by atoms with Crippen molar-refractivity contribution in [3.05, 3.63) is 58.7 Å². The van der Waals surface area contributed by atoms with Crippen molar-refractivity contribution in [3.63, 3.8) is 0 Å². The van der Waals surface area contributed by atoms with Gasteiger partial charge in [0.15, 0.2) is 0 Å². The zero-order valence-electron chi connectivity index (χ0n) is 15.5. The molecule has 0 aromatic heterocycles. The van der Waals surface area contributed by atoms with Gasteiger partial charge in [-0.1, -0.05) is 32.0 Å². The summed E-state index contributed by atoms with van der Waals surface area (Å²) in [6.45, 7) is 7.74. The van der Waals surface area contributed by atoms with E-state index in [1.165, 1.54) is 22.3 Å². The minimum Gasteiger partial charge on any atom is -0.478 e. The van der Waals surface area contributed by atoms with Gasteiger partial charge >= 0.3 is 0 Å². The van der Waals surface area contributed by atoms with Crippen molar-refractivity contribution in [1.29, 1.82) is 0 Å². The normalized spacial score (nSPS) is 18.1. The van der Waals surface area contributed by atoms with Gasteiger partial charge in [0.25, 0.3) is 0 Å². The van der Waals surface area contributed by atoms with Gasteiger partial charge in [-0.15, -0.1) is 0 Å². The zero-order valence-corrected chi connectivity index (χ0v) is 15.5. The monoisotopic (exact) mass is 338 g/mol. The summed E-state index contributed by atoms with van der Waals surface area (Å²) in [6.07, 6.45) is 0. The fourth-order valence-corrected chi connectivity index (χ4v) is 3.64. The van der Waals surface area contributed by atoms with E-state index in [1.807, 2.05) is 0 Å². The van der Waals surface area contributed by atoms with Crippen LogP contribution in [0.4, 0.5) is 0 Å². The van der Waals surface area contributed by atoms with Gasteiger partial charge in [0, 0.05) is 29.6 Å². The van der Waals surface area contributed by atoms with Gasteiger partial charge in [-0.3, -0.25) is 9.80 Å². The molecule has 2 aromatic carbocycles. The number of ether oxygens (including phenoxy) is 2. The molecular formula is C21H26N2O2. The largest absolute Gasteiger partial charge is 0.478 e. The Labute approximate surface area is 150 Å². The van der Waals surface area contributed by atoms with Gasteiger partial charge in [-0.05, 0) is 43.4 Å². The highest BCUT2D eigenvalue weighted by Gasteiger charge is 2.27. The summed E-state index contributed by atoms with van der Waals surface area (Å²) >= 11 is 0. The first-order valence-corrected chi connectivity index (χ1v) is 8.83. The summed E-state index contributed by atoms with van der Waals surface area (Å²) in [5.41, 5.74) is 5.01. The topological polar surface area (TPSA) is 24.9 Å². The molecule has 4 rings (SSSR count). The van der Waals surface area contributed by atoms with E-state index < -0.39 is 0 Å². The maximum Gasteiger partial charge on any atom is 0.142 e. The van der Waals surface area contributed by atoms with E-state index in [0.717, 1.165) is 24.6 Å². The minimum atomic E-state index is -0.0905. The molecule has 0 fully saturated rings. The molecule has 0 aliphatic carbocycles. The van der Waals surface area contributed by atoms with E-state index >= 15 is 0 Å². The van der Waals surface area contributed by atoms with Crippen molar-refractivity contribution in [2.45, 2.75) is 32.4 Å². The number of benzene rings is 2. The van der Waals surface area contributed by atoms with Crippen LogP contribution in [-0.2, 0) is 18.5 Å². The molecule has 4 heteroatoms. The van der Waals surface area contributed by atoms with Crippen LogP contribution in [0, 0.1) is 0 Å². The van der Waals surface area contributed by atoms with E-state index in [4.69, 9.17) is 9.47 Å². The van der Waals surface area contributed by atoms with Crippen molar-refractivity contribution < 1.29 is 9.47 Å². The highest BCUT2D eigenvalue weighted by atomic mass is 16.5. The van der Waals surface area contributed by atoms with E-state index in [1.54, 1.807) is 0 Å². The summed E-state index contributed by atoms with van der Waals surface area (Å²) < 4.78 is 11.7. The van der Waals surface area contributed by atoms with Gasteiger partial charge in [-0.25, -0.2) is 0 Å². The summed E-state index contributed by atoms with van der Waals surface area (Å²) in [4.78, 5) is 4.36. The number of rotatable bonds is 2. The molecule has 0 saturated heterocycles. The van der Waals surface area contributed by atoms with Gasteiger partial charge in [-0.2, -0.15) is 0 Å². The predicted molar refractivity (Wildman–Crippen MR) is 98.9 cm³/mol. The fourth-order valence-electron chi connectivity index (χ4n) is 3.64. The molecule has 0 atom stereocenters. The van der Waals surface area contributed by atoms with Crippen LogP contribution in [0.25, 0.3) is 0 Å². The van der Waals surface area contributed by atoms with Crippen molar-refractivity contribution in [2.75, 3.05) is 27.6 Å². The summed E-state index contributed by atoms with van der Waals surface area (Å²) in [6, 6.07) is 13.3. The fraction of sp³-hybridized carbons (Fsp3) is 0.429. The van der Waals surface area contributed by atoms with Gasteiger partial charge in [0.05, 0.1) is 0 Å². The van der Waals surface area contributed by atoms with Crippen LogP contribution in [0.1, 0.15) is 36.1 Å². The third kappa shape index (κ3) is 3.00. The van der Waals surface area contributed by atoms with Crippen molar-refractivity contribution in [1.82, 2.24) is 9.80 Å². The highest BCUT2D eigenvalue weighted by molar-refractivity contribution is 5.48. The number of hydrogen-bond acceptors (Lipinski definition) is 4. The molecular weight excluding hydrogens is 312 g/mol. The molecule has 2 aliphatic rings.